The van der Waals surface area contributed by atoms with Gasteiger partial charge in [-0.05, 0) is 126 Å². The molecule has 1 saturated heterocycles. The van der Waals surface area contributed by atoms with Crippen LogP contribution in [0.15, 0.2) is 60.7 Å². The maximum atomic E-state index is 13.0. The summed E-state index contributed by atoms with van der Waals surface area (Å²) in [7, 11) is 0. The van der Waals surface area contributed by atoms with Crippen molar-refractivity contribution in [2.45, 2.75) is 109 Å². The van der Waals surface area contributed by atoms with Crippen molar-refractivity contribution in [3.63, 3.8) is 0 Å². The SMILES string of the molecule is CC(C)(C)OC(=O)NC1(c2nc3ccc(-c4ccc(-c5ccc6c(c5)CCCc5nc([C@@H]7CCCN7C(=O)OC(C)(C)C)[nH]c5-6)cc4)cc3[nH]2)CC1. The summed E-state index contributed by atoms with van der Waals surface area (Å²) in [6.07, 6.45) is 5.65. The van der Waals surface area contributed by atoms with E-state index in [1.165, 1.54) is 16.7 Å². The molecule has 5 aromatic rings. The second-order valence-electron chi connectivity index (χ2n) is 16.6. The molecule has 2 aliphatic carbocycles. The van der Waals surface area contributed by atoms with Crippen LogP contribution in [0.2, 0.25) is 0 Å². The predicted octanol–water partition coefficient (Wildman–Crippen LogP) is 9.36. The van der Waals surface area contributed by atoms with E-state index >= 15 is 0 Å². The van der Waals surface area contributed by atoms with Gasteiger partial charge in [0, 0.05) is 12.1 Å². The van der Waals surface area contributed by atoms with Gasteiger partial charge in [0.2, 0.25) is 0 Å². The van der Waals surface area contributed by atoms with E-state index in [4.69, 9.17) is 19.4 Å². The monoisotopic (exact) mass is 700 g/mol. The van der Waals surface area contributed by atoms with Crippen LogP contribution in [0.25, 0.3) is 44.5 Å². The molecule has 2 aromatic heterocycles. The smallest absolute Gasteiger partial charge is 0.410 e. The van der Waals surface area contributed by atoms with Gasteiger partial charge in [-0.3, -0.25) is 4.90 Å². The summed E-state index contributed by atoms with van der Waals surface area (Å²) in [6.45, 7) is 12.0. The Balaban J connectivity index is 0.996. The Hall–Kier alpha value is -5.12. The van der Waals surface area contributed by atoms with E-state index in [9.17, 15) is 9.59 Å². The Morgan fingerprint density at radius 2 is 1.48 bits per heavy atom. The number of rotatable bonds is 5. The summed E-state index contributed by atoms with van der Waals surface area (Å²) in [5.41, 5.74) is 9.41. The van der Waals surface area contributed by atoms with Crippen LogP contribution < -0.4 is 5.32 Å². The summed E-state index contributed by atoms with van der Waals surface area (Å²) < 4.78 is 11.2. The first kappa shape index (κ1) is 34.0. The molecule has 2 amide bonds. The fourth-order valence-electron chi connectivity index (χ4n) is 7.57. The summed E-state index contributed by atoms with van der Waals surface area (Å²) >= 11 is 0. The fourth-order valence-corrected chi connectivity index (χ4v) is 7.57. The second-order valence-corrected chi connectivity index (χ2v) is 16.6. The minimum atomic E-state index is -0.558. The number of alkyl carbamates (subject to hydrolysis) is 1. The van der Waals surface area contributed by atoms with Crippen LogP contribution in [0.3, 0.4) is 0 Å². The number of carbonyl (C=O) groups is 2. The molecule has 52 heavy (non-hydrogen) atoms. The maximum absolute atomic E-state index is 13.0. The first-order chi connectivity index (χ1) is 24.7. The number of nitrogens with zero attached hydrogens (tertiary/aromatic N) is 3. The van der Waals surface area contributed by atoms with Gasteiger partial charge in [-0.25, -0.2) is 19.6 Å². The summed E-state index contributed by atoms with van der Waals surface area (Å²) in [4.78, 5) is 44.4. The highest BCUT2D eigenvalue weighted by Crippen LogP contribution is 2.45. The van der Waals surface area contributed by atoms with Gasteiger partial charge >= 0.3 is 12.2 Å². The first-order valence-electron chi connectivity index (χ1n) is 18.6. The van der Waals surface area contributed by atoms with E-state index in [1.807, 2.05) is 52.5 Å². The normalized spacial score (nSPS) is 18.0. The van der Waals surface area contributed by atoms with E-state index in [2.05, 4.69) is 69.9 Å². The second kappa shape index (κ2) is 12.5. The number of aromatic nitrogens is 4. The number of H-pyrrole nitrogens is 2. The van der Waals surface area contributed by atoms with Gasteiger partial charge < -0.3 is 24.8 Å². The number of carbonyl (C=O) groups excluding carboxylic acids is 2. The van der Waals surface area contributed by atoms with Gasteiger partial charge in [-0.1, -0.05) is 48.5 Å². The number of hydrogen-bond acceptors (Lipinski definition) is 6. The van der Waals surface area contributed by atoms with Crippen molar-refractivity contribution in [1.82, 2.24) is 30.2 Å². The van der Waals surface area contributed by atoms with E-state index < -0.39 is 22.8 Å². The zero-order valence-electron chi connectivity index (χ0n) is 31.0. The number of amides is 2. The molecule has 1 atom stereocenters. The molecule has 8 rings (SSSR count). The molecule has 10 heteroatoms. The zero-order valence-corrected chi connectivity index (χ0v) is 31.0. The Morgan fingerprint density at radius 1 is 0.808 bits per heavy atom. The number of aryl methyl sites for hydroxylation is 2. The molecular weight excluding hydrogens is 652 g/mol. The highest BCUT2D eigenvalue weighted by atomic mass is 16.6. The van der Waals surface area contributed by atoms with Crippen molar-refractivity contribution in [3.8, 4) is 33.5 Å². The number of nitrogens with one attached hydrogen (secondary N) is 3. The molecule has 1 aliphatic heterocycles. The number of hydrogen-bond donors (Lipinski definition) is 3. The number of imidazole rings is 2. The topological polar surface area (TPSA) is 125 Å². The molecule has 1 saturated carbocycles. The average Bonchev–Trinajstić information content (AvgIpc) is 3.40. The Labute approximate surface area is 304 Å². The zero-order chi connectivity index (χ0) is 36.4. The molecule has 0 spiro atoms. The molecule has 3 aliphatic rings. The van der Waals surface area contributed by atoms with Gasteiger partial charge in [0.05, 0.1) is 28.5 Å². The van der Waals surface area contributed by atoms with Gasteiger partial charge in [0.1, 0.15) is 28.4 Å². The molecule has 0 unspecified atom stereocenters. The third-order valence-electron chi connectivity index (χ3n) is 10.2. The highest BCUT2D eigenvalue weighted by Gasteiger charge is 2.49. The van der Waals surface area contributed by atoms with Gasteiger partial charge in [0.25, 0.3) is 0 Å². The molecule has 0 radical (unpaired) electrons. The quantitative estimate of drug-likeness (QED) is 0.168. The predicted molar refractivity (Wildman–Crippen MR) is 202 cm³/mol. The number of likely N-dealkylation sites (tertiary alicyclic amines) is 1. The van der Waals surface area contributed by atoms with Crippen molar-refractivity contribution < 1.29 is 19.1 Å². The molecule has 10 nitrogen and oxygen atoms in total. The molecular formula is C42H48N6O4. The van der Waals surface area contributed by atoms with Crippen LogP contribution in [0.5, 0.6) is 0 Å². The number of aromatic amines is 2. The Kier molecular flexibility index (Phi) is 8.19. The van der Waals surface area contributed by atoms with Crippen molar-refractivity contribution in [2.75, 3.05) is 6.54 Å². The van der Waals surface area contributed by atoms with Crippen LogP contribution in [0.1, 0.15) is 103 Å². The standard InChI is InChI=1S/C42H48N6O4/c1-40(2,3)51-38(49)47-42(20-21-42)37-44-31-19-17-28(24-33(31)45-37)26-14-12-25(13-15-26)27-16-18-30-29(23-27)9-7-10-32-35(30)46-36(43-32)34-11-8-22-48(34)39(50)52-41(4,5)6/h12-19,23-24,34H,7-11,20-22H2,1-6H3,(H,43,46)(H,44,45)(H,47,49)/t34-/m0/s1. The third kappa shape index (κ3) is 6.78. The Bertz CT molecular complexity index is 2160. The van der Waals surface area contributed by atoms with Gasteiger partial charge in [-0.15, -0.1) is 0 Å². The van der Waals surface area contributed by atoms with E-state index in [1.54, 1.807) is 0 Å². The average molecular weight is 701 g/mol. The fraction of sp³-hybridized carbons (Fsp3) is 0.429. The molecule has 2 fully saturated rings. The summed E-state index contributed by atoms with van der Waals surface area (Å²) in [5.74, 6) is 1.62. The maximum Gasteiger partial charge on any atom is 0.410 e. The molecule has 3 heterocycles. The van der Waals surface area contributed by atoms with Crippen LogP contribution in [0.4, 0.5) is 9.59 Å². The first-order valence-corrected chi connectivity index (χ1v) is 18.6. The molecule has 0 bridgehead atoms. The van der Waals surface area contributed by atoms with Crippen molar-refractivity contribution >= 4 is 23.2 Å². The minimum Gasteiger partial charge on any atom is -0.444 e. The van der Waals surface area contributed by atoms with Crippen LogP contribution in [0, 0.1) is 0 Å². The van der Waals surface area contributed by atoms with E-state index in [0.29, 0.717) is 6.54 Å². The van der Waals surface area contributed by atoms with E-state index in [-0.39, 0.29) is 12.1 Å². The lowest BCUT2D eigenvalue weighted by atomic mass is 9.95. The Morgan fingerprint density at radius 3 is 2.17 bits per heavy atom. The molecule has 3 N–H and O–H groups in total. The summed E-state index contributed by atoms with van der Waals surface area (Å²) in [6, 6.07) is 21.6. The number of benzene rings is 3. The third-order valence-corrected chi connectivity index (χ3v) is 10.2. The van der Waals surface area contributed by atoms with Crippen LogP contribution in [-0.4, -0.2) is 54.8 Å². The largest absolute Gasteiger partial charge is 0.444 e. The molecule has 270 valence electrons. The van der Waals surface area contributed by atoms with Gasteiger partial charge in [-0.2, -0.15) is 0 Å². The molecule has 3 aromatic carbocycles. The van der Waals surface area contributed by atoms with Crippen LogP contribution >= 0.6 is 0 Å². The van der Waals surface area contributed by atoms with Crippen molar-refractivity contribution in [2.24, 2.45) is 0 Å². The highest BCUT2D eigenvalue weighted by molar-refractivity contribution is 5.83. The lowest BCUT2D eigenvalue weighted by Gasteiger charge is -2.27. The number of fused-ring (bicyclic) bond motifs is 4. The van der Waals surface area contributed by atoms with Crippen molar-refractivity contribution in [1.29, 1.82) is 0 Å². The van der Waals surface area contributed by atoms with Crippen LogP contribution in [-0.2, 0) is 27.9 Å². The minimum absolute atomic E-state index is 0.102. The lowest BCUT2D eigenvalue weighted by molar-refractivity contribution is 0.0218. The van der Waals surface area contributed by atoms with Crippen molar-refractivity contribution in [3.05, 3.63) is 83.6 Å². The van der Waals surface area contributed by atoms with Gasteiger partial charge in [0.15, 0.2) is 0 Å². The number of ether oxygens (including phenoxy) is 2. The lowest BCUT2D eigenvalue weighted by Crippen LogP contribution is -2.39. The van der Waals surface area contributed by atoms with E-state index in [0.717, 1.165) is 95.7 Å². The summed E-state index contributed by atoms with van der Waals surface area (Å²) in [5, 5.41) is 3.04.